The van der Waals surface area contributed by atoms with Gasteiger partial charge in [-0.1, -0.05) is 26.0 Å². The van der Waals surface area contributed by atoms with Gasteiger partial charge in [0.05, 0.1) is 0 Å². The molecule has 2 bridgehead atoms. The number of aliphatic carboxylic acids is 1. The fourth-order valence-corrected chi connectivity index (χ4v) is 5.48. The highest BCUT2D eigenvalue weighted by Crippen LogP contribution is 2.58. The highest BCUT2D eigenvalue weighted by Gasteiger charge is 2.52. The summed E-state index contributed by atoms with van der Waals surface area (Å²) in [4.78, 5) is 20.4. The number of unbranched alkanes of at least 4 members (excludes halogenated alkanes) is 1. The summed E-state index contributed by atoms with van der Waals surface area (Å²) in [5.41, 5.74) is 1.24. The minimum atomic E-state index is -0.709. The average Bonchev–Trinajstić information content (AvgIpc) is 3.19. The molecule has 5 rings (SSSR count). The van der Waals surface area contributed by atoms with Gasteiger partial charge < -0.3 is 10.4 Å². The predicted octanol–water partition coefficient (Wildman–Crippen LogP) is 6.70. The molecule has 1 aromatic heterocycles. The molecular weight excluding hydrogens is 425 g/mol. The molecule has 1 aromatic carbocycles. The van der Waals surface area contributed by atoms with E-state index in [1.807, 2.05) is 19.1 Å². The van der Waals surface area contributed by atoms with Gasteiger partial charge in [-0.15, -0.1) is 11.3 Å². The van der Waals surface area contributed by atoms with Crippen molar-refractivity contribution < 1.29 is 19.1 Å². The maximum atomic E-state index is 12.7. The van der Waals surface area contributed by atoms with Gasteiger partial charge >= 0.3 is 5.97 Å². The number of carbonyl (C=O) groups excluding carboxylic acids is 1. The van der Waals surface area contributed by atoms with Crippen molar-refractivity contribution in [1.29, 1.82) is 0 Å². The van der Waals surface area contributed by atoms with Crippen molar-refractivity contribution in [2.24, 2.45) is 17.3 Å². The summed E-state index contributed by atoms with van der Waals surface area (Å²) < 4.78 is 13.7. The van der Waals surface area contributed by atoms with Crippen LogP contribution in [0.15, 0.2) is 35.7 Å². The first kappa shape index (κ1) is 26.2. The van der Waals surface area contributed by atoms with E-state index in [0.29, 0.717) is 16.4 Å². The second-order valence-corrected chi connectivity index (χ2v) is 10.1. The lowest BCUT2D eigenvalue weighted by Crippen LogP contribution is -2.54. The molecular formula is C26H36FNO3S. The number of aldehydes is 1. The first-order chi connectivity index (χ1) is 15.2. The fraction of sp³-hybridized carbons (Fsp3) is 0.538. The Hall–Kier alpha value is -2.05. The van der Waals surface area contributed by atoms with Crippen LogP contribution in [-0.2, 0) is 4.79 Å². The molecule has 32 heavy (non-hydrogen) atoms. The van der Waals surface area contributed by atoms with E-state index in [-0.39, 0.29) is 12.2 Å². The second kappa shape index (κ2) is 12.3. The van der Waals surface area contributed by atoms with Gasteiger partial charge in [0, 0.05) is 33.5 Å². The first-order valence-electron chi connectivity index (χ1n) is 11.3. The third-order valence-corrected chi connectivity index (χ3v) is 7.89. The number of fused-ring (bicyclic) bond motifs is 3. The number of benzene rings is 1. The quantitative estimate of drug-likeness (QED) is 0.285. The summed E-state index contributed by atoms with van der Waals surface area (Å²) in [5.74, 6) is 1.01. The number of rotatable bonds is 6. The van der Waals surface area contributed by atoms with Gasteiger partial charge in [-0.3, -0.25) is 9.59 Å². The molecule has 0 spiro atoms. The van der Waals surface area contributed by atoms with Crippen molar-refractivity contribution in [1.82, 2.24) is 5.32 Å². The number of carboxylic acids is 1. The Labute approximate surface area is 194 Å². The van der Waals surface area contributed by atoms with Crippen LogP contribution in [0.4, 0.5) is 4.39 Å². The number of nitrogens with one attached hydrogen (secondary N) is 1. The zero-order valence-corrected chi connectivity index (χ0v) is 20.4. The van der Waals surface area contributed by atoms with Crippen molar-refractivity contribution in [3.8, 4) is 0 Å². The predicted molar refractivity (Wildman–Crippen MR) is 131 cm³/mol. The van der Waals surface area contributed by atoms with Crippen molar-refractivity contribution in [3.05, 3.63) is 47.1 Å². The van der Waals surface area contributed by atoms with Gasteiger partial charge in [0.25, 0.3) is 0 Å². The molecule has 2 N–H and O–H groups in total. The largest absolute Gasteiger partial charge is 0.481 e. The summed E-state index contributed by atoms with van der Waals surface area (Å²) in [6.07, 6.45) is 10.9. The lowest BCUT2D eigenvalue weighted by atomic mass is 9.48. The zero-order valence-electron chi connectivity index (χ0n) is 19.6. The van der Waals surface area contributed by atoms with Crippen LogP contribution >= 0.6 is 11.3 Å². The van der Waals surface area contributed by atoms with Crippen LogP contribution in [0.3, 0.4) is 0 Å². The molecule has 0 amide bonds. The molecule has 3 aliphatic rings. The molecule has 1 heterocycles. The van der Waals surface area contributed by atoms with Gasteiger partial charge in [0.15, 0.2) is 6.29 Å². The maximum Gasteiger partial charge on any atom is 0.303 e. The van der Waals surface area contributed by atoms with E-state index >= 15 is 0 Å². The average molecular weight is 462 g/mol. The Morgan fingerprint density at radius 3 is 2.50 bits per heavy atom. The van der Waals surface area contributed by atoms with Crippen LogP contribution in [-0.4, -0.2) is 30.5 Å². The van der Waals surface area contributed by atoms with Gasteiger partial charge in [-0.2, -0.15) is 0 Å². The molecule has 176 valence electrons. The third kappa shape index (κ3) is 6.97. The van der Waals surface area contributed by atoms with E-state index in [4.69, 9.17) is 5.11 Å². The topological polar surface area (TPSA) is 66.4 Å². The Morgan fingerprint density at radius 2 is 1.97 bits per heavy atom. The highest BCUT2D eigenvalue weighted by atomic mass is 32.1. The van der Waals surface area contributed by atoms with Crippen molar-refractivity contribution in [2.45, 2.75) is 65.3 Å². The van der Waals surface area contributed by atoms with Crippen molar-refractivity contribution >= 4 is 33.7 Å². The van der Waals surface area contributed by atoms with Crippen molar-refractivity contribution in [3.63, 3.8) is 0 Å². The second-order valence-electron chi connectivity index (χ2n) is 9.21. The Kier molecular flexibility index (Phi) is 10.0. The number of carbonyl (C=O) groups is 2. The number of halogens is 1. The van der Waals surface area contributed by atoms with Crippen LogP contribution in [0.2, 0.25) is 0 Å². The number of hydrogen-bond donors (Lipinski definition) is 2. The number of carboxylic acid groups (broad SMARTS) is 1. The molecule has 4 nitrogen and oxygen atoms in total. The smallest absolute Gasteiger partial charge is 0.303 e. The summed E-state index contributed by atoms with van der Waals surface area (Å²) >= 11 is 1.45. The standard InChI is InChI=1S/C10H19N.C9H5FOS.C7H12O2/c1-10(2)7-4-8(10)6-9(5-7)11-3;10-7-1-2-9-8(3-7)6(4-11)5-12-9;1-2-3-4-5-6-7(8)9/h7-9,11H,4-6H2,1-3H3;1-5H;2-3H,4-6H2,1H3,(H,8,9)/b;;3-2-. The third-order valence-electron chi connectivity index (χ3n) is 6.91. The van der Waals surface area contributed by atoms with Crippen LogP contribution in [0.25, 0.3) is 10.1 Å². The molecule has 2 aromatic rings. The summed E-state index contributed by atoms with van der Waals surface area (Å²) in [5, 5.41) is 14.0. The summed E-state index contributed by atoms with van der Waals surface area (Å²) in [6, 6.07) is 5.29. The lowest BCUT2D eigenvalue weighted by Gasteiger charge is -2.58. The van der Waals surface area contributed by atoms with E-state index < -0.39 is 5.97 Å². The van der Waals surface area contributed by atoms with Gasteiger partial charge in [-0.05, 0) is 81.5 Å². The number of hydrogen-bond acceptors (Lipinski definition) is 4. The van der Waals surface area contributed by atoms with Crippen LogP contribution < -0.4 is 5.32 Å². The molecule has 3 aliphatic carbocycles. The van der Waals surface area contributed by atoms with Gasteiger partial charge in [0.2, 0.25) is 0 Å². The molecule has 2 atom stereocenters. The van der Waals surface area contributed by atoms with E-state index in [9.17, 15) is 14.0 Å². The molecule has 3 fully saturated rings. The molecule has 0 aliphatic heterocycles. The Morgan fingerprint density at radius 1 is 1.28 bits per heavy atom. The Bertz CT molecular complexity index is 907. The SMILES string of the molecule is C/C=C\CCCC(=O)O.CNC1CC2CC(C1)C2(C)C.O=Cc1csc2ccc(F)cc12. The van der Waals surface area contributed by atoms with E-state index in [2.05, 4.69) is 26.2 Å². The lowest BCUT2D eigenvalue weighted by molar-refractivity contribution is -0.137. The maximum absolute atomic E-state index is 12.7. The van der Waals surface area contributed by atoms with Crippen LogP contribution in [0.5, 0.6) is 0 Å². The Balaban J connectivity index is 0.000000173. The highest BCUT2D eigenvalue weighted by molar-refractivity contribution is 7.17. The minimum Gasteiger partial charge on any atom is -0.481 e. The fourth-order valence-electron chi connectivity index (χ4n) is 4.59. The van der Waals surface area contributed by atoms with Gasteiger partial charge in [0.1, 0.15) is 5.82 Å². The number of allylic oxidation sites excluding steroid dienone is 2. The monoisotopic (exact) mass is 461 g/mol. The zero-order chi connectivity index (χ0) is 23.7. The molecule has 0 saturated heterocycles. The molecule has 6 heteroatoms. The normalized spacial score (nSPS) is 22.8. The molecule has 2 unspecified atom stereocenters. The number of thiophene rings is 1. The van der Waals surface area contributed by atoms with Gasteiger partial charge in [-0.25, -0.2) is 4.39 Å². The van der Waals surface area contributed by atoms with Crippen molar-refractivity contribution in [2.75, 3.05) is 7.05 Å². The summed E-state index contributed by atoms with van der Waals surface area (Å²) in [7, 11) is 2.10. The van der Waals surface area contributed by atoms with E-state index in [0.717, 1.165) is 41.7 Å². The summed E-state index contributed by atoms with van der Waals surface area (Å²) in [6.45, 7) is 6.82. The van der Waals surface area contributed by atoms with E-state index in [1.165, 1.54) is 42.7 Å². The molecule has 3 saturated carbocycles. The minimum absolute atomic E-state index is 0.282. The molecule has 0 radical (unpaired) electrons. The first-order valence-corrected chi connectivity index (χ1v) is 12.2. The van der Waals surface area contributed by atoms with Crippen LogP contribution in [0, 0.1) is 23.1 Å². The van der Waals surface area contributed by atoms with Crippen LogP contribution in [0.1, 0.15) is 69.7 Å². The van der Waals surface area contributed by atoms with E-state index in [1.54, 1.807) is 11.4 Å².